The average molecular weight is 381 g/mol. The lowest BCUT2D eigenvalue weighted by molar-refractivity contribution is -0.111. The van der Waals surface area contributed by atoms with Crippen molar-refractivity contribution in [1.29, 1.82) is 0 Å². The fourth-order valence-electron chi connectivity index (χ4n) is 2.44. The topological polar surface area (TPSA) is 73.3 Å². The second-order valence-electron chi connectivity index (χ2n) is 5.72. The Morgan fingerprint density at radius 2 is 1.89 bits per heavy atom. The van der Waals surface area contributed by atoms with E-state index in [1.54, 1.807) is 32.4 Å². The Bertz CT molecular complexity index is 982. The van der Waals surface area contributed by atoms with Crippen molar-refractivity contribution in [2.45, 2.75) is 6.92 Å². The van der Waals surface area contributed by atoms with Crippen molar-refractivity contribution in [2.24, 2.45) is 0 Å². The van der Waals surface area contributed by atoms with Crippen LogP contribution in [0.5, 0.6) is 11.5 Å². The zero-order valence-corrected chi connectivity index (χ0v) is 16.0. The summed E-state index contributed by atoms with van der Waals surface area (Å²) in [5.41, 5.74) is 2.94. The van der Waals surface area contributed by atoms with Crippen molar-refractivity contribution >= 4 is 28.5 Å². The van der Waals surface area contributed by atoms with Gasteiger partial charge in [-0.25, -0.2) is 0 Å². The van der Waals surface area contributed by atoms with Gasteiger partial charge in [-0.05, 0) is 36.8 Å². The summed E-state index contributed by atoms with van der Waals surface area (Å²) in [6.45, 7) is 2.02. The van der Waals surface area contributed by atoms with E-state index in [-0.39, 0.29) is 5.91 Å². The predicted molar refractivity (Wildman–Crippen MR) is 107 cm³/mol. The first-order valence-corrected chi connectivity index (χ1v) is 9.02. The van der Waals surface area contributed by atoms with E-state index in [2.05, 4.69) is 15.5 Å². The van der Waals surface area contributed by atoms with Crippen LogP contribution in [0.1, 0.15) is 11.1 Å². The highest BCUT2D eigenvalue weighted by atomic mass is 32.1. The molecular formula is C20H19N3O3S. The lowest BCUT2D eigenvalue weighted by Crippen LogP contribution is -2.07. The van der Waals surface area contributed by atoms with Crippen molar-refractivity contribution in [3.05, 3.63) is 59.7 Å². The van der Waals surface area contributed by atoms with E-state index in [4.69, 9.17) is 9.47 Å². The fraction of sp³-hybridized carbons (Fsp3) is 0.150. The second-order valence-corrected chi connectivity index (χ2v) is 6.70. The molecule has 0 atom stereocenters. The standard InChI is InChI=1S/C20H19N3O3S/c1-13-5-4-6-15(11-13)19-22-23-20(27-19)21-18(24)10-8-14-7-9-16(25-2)17(12-14)26-3/h4-12H,1-3H3,(H,21,23,24). The van der Waals surface area contributed by atoms with Crippen molar-refractivity contribution in [2.75, 3.05) is 19.5 Å². The fourth-order valence-corrected chi connectivity index (χ4v) is 3.19. The minimum atomic E-state index is -0.281. The van der Waals surface area contributed by atoms with Crippen LogP contribution in [0.15, 0.2) is 48.5 Å². The van der Waals surface area contributed by atoms with Gasteiger partial charge in [-0.3, -0.25) is 10.1 Å². The van der Waals surface area contributed by atoms with Crippen LogP contribution in [0.4, 0.5) is 5.13 Å². The summed E-state index contributed by atoms with van der Waals surface area (Å²) in [5, 5.41) is 12.1. The number of carbonyl (C=O) groups excluding carboxylic acids is 1. The van der Waals surface area contributed by atoms with Gasteiger partial charge in [0.2, 0.25) is 11.0 Å². The molecule has 0 aliphatic rings. The van der Waals surface area contributed by atoms with Crippen LogP contribution in [0.3, 0.4) is 0 Å². The van der Waals surface area contributed by atoms with E-state index < -0.39 is 0 Å². The van der Waals surface area contributed by atoms with Gasteiger partial charge in [0, 0.05) is 11.6 Å². The number of aryl methyl sites for hydroxylation is 1. The molecule has 0 bridgehead atoms. The van der Waals surface area contributed by atoms with Gasteiger partial charge >= 0.3 is 0 Å². The van der Waals surface area contributed by atoms with Gasteiger partial charge in [-0.1, -0.05) is 41.2 Å². The number of ether oxygens (including phenoxy) is 2. The van der Waals surface area contributed by atoms with Crippen LogP contribution < -0.4 is 14.8 Å². The molecule has 1 heterocycles. The Balaban J connectivity index is 1.67. The van der Waals surface area contributed by atoms with E-state index in [0.29, 0.717) is 16.6 Å². The number of nitrogens with one attached hydrogen (secondary N) is 1. The maximum atomic E-state index is 12.1. The largest absolute Gasteiger partial charge is 0.493 e. The summed E-state index contributed by atoms with van der Waals surface area (Å²) >= 11 is 1.33. The molecule has 0 aliphatic heterocycles. The van der Waals surface area contributed by atoms with E-state index in [1.807, 2.05) is 37.3 Å². The molecule has 3 aromatic rings. The number of nitrogens with zero attached hydrogens (tertiary/aromatic N) is 2. The van der Waals surface area contributed by atoms with Crippen LogP contribution in [-0.4, -0.2) is 30.3 Å². The first-order chi connectivity index (χ1) is 13.1. The minimum absolute atomic E-state index is 0.281. The van der Waals surface area contributed by atoms with Crippen LogP contribution in [0.2, 0.25) is 0 Å². The summed E-state index contributed by atoms with van der Waals surface area (Å²) < 4.78 is 10.5. The highest BCUT2D eigenvalue weighted by Crippen LogP contribution is 2.28. The number of aromatic nitrogens is 2. The third-order valence-corrected chi connectivity index (χ3v) is 4.64. The SMILES string of the molecule is COc1ccc(C=CC(=O)Nc2nnc(-c3cccc(C)c3)s2)cc1OC. The smallest absolute Gasteiger partial charge is 0.250 e. The van der Waals surface area contributed by atoms with Crippen LogP contribution >= 0.6 is 11.3 Å². The molecule has 0 spiro atoms. The first-order valence-electron chi connectivity index (χ1n) is 8.20. The summed E-state index contributed by atoms with van der Waals surface area (Å²) in [7, 11) is 3.15. The second kappa shape index (κ2) is 8.46. The van der Waals surface area contributed by atoms with Gasteiger partial charge in [0.25, 0.3) is 0 Å². The molecule has 0 saturated carbocycles. The molecule has 0 aliphatic carbocycles. The Kier molecular flexibility index (Phi) is 5.83. The molecule has 1 amide bonds. The van der Waals surface area contributed by atoms with Crippen LogP contribution in [0, 0.1) is 6.92 Å². The number of amides is 1. The molecule has 2 aromatic carbocycles. The highest BCUT2D eigenvalue weighted by molar-refractivity contribution is 7.18. The van der Waals surface area contributed by atoms with Crippen molar-refractivity contribution in [3.8, 4) is 22.1 Å². The summed E-state index contributed by atoms with van der Waals surface area (Å²) in [6.07, 6.45) is 3.13. The maximum absolute atomic E-state index is 12.1. The third-order valence-electron chi connectivity index (χ3n) is 3.75. The quantitative estimate of drug-likeness (QED) is 0.649. The minimum Gasteiger partial charge on any atom is -0.493 e. The van der Waals surface area contributed by atoms with E-state index in [0.717, 1.165) is 21.7 Å². The van der Waals surface area contributed by atoms with Crippen molar-refractivity contribution in [3.63, 3.8) is 0 Å². The van der Waals surface area contributed by atoms with Gasteiger partial charge in [0.05, 0.1) is 14.2 Å². The number of hydrogen-bond acceptors (Lipinski definition) is 6. The number of benzene rings is 2. The molecule has 0 fully saturated rings. The molecule has 27 heavy (non-hydrogen) atoms. The van der Waals surface area contributed by atoms with Gasteiger partial charge in [0.1, 0.15) is 5.01 Å². The lowest BCUT2D eigenvalue weighted by Gasteiger charge is -2.07. The maximum Gasteiger partial charge on any atom is 0.250 e. The Morgan fingerprint density at radius 3 is 2.63 bits per heavy atom. The van der Waals surface area contributed by atoms with Crippen LogP contribution in [0.25, 0.3) is 16.6 Å². The molecule has 1 N–H and O–H groups in total. The molecular weight excluding hydrogens is 362 g/mol. The molecule has 1 aromatic heterocycles. The number of rotatable bonds is 6. The number of anilines is 1. The molecule has 7 heteroatoms. The molecule has 138 valence electrons. The molecule has 0 radical (unpaired) electrons. The lowest BCUT2D eigenvalue weighted by atomic mass is 10.1. The van der Waals surface area contributed by atoms with Gasteiger partial charge < -0.3 is 9.47 Å². The zero-order valence-electron chi connectivity index (χ0n) is 15.2. The zero-order chi connectivity index (χ0) is 19.2. The summed E-state index contributed by atoms with van der Waals surface area (Å²) in [6, 6.07) is 13.4. The summed E-state index contributed by atoms with van der Waals surface area (Å²) in [4.78, 5) is 12.1. The molecule has 3 rings (SSSR count). The van der Waals surface area contributed by atoms with Gasteiger partial charge in [0.15, 0.2) is 11.5 Å². The Morgan fingerprint density at radius 1 is 1.07 bits per heavy atom. The first kappa shape index (κ1) is 18.6. The van der Waals surface area contributed by atoms with Gasteiger partial charge in [-0.15, -0.1) is 10.2 Å². The normalized spacial score (nSPS) is 10.8. The highest BCUT2D eigenvalue weighted by Gasteiger charge is 2.09. The molecule has 0 unspecified atom stereocenters. The van der Waals surface area contributed by atoms with Crippen LogP contribution in [-0.2, 0) is 4.79 Å². The number of carbonyl (C=O) groups is 1. The summed E-state index contributed by atoms with van der Waals surface area (Å²) in [5.74, 6) is 0.959. The van der Waals surface area contributed by atoms with Gasteiger partial charge in [-0.2, -0.15) is 0 Å². The predicted octanol–water partition coefficient (Wildman–Crippen LogP) is 4.18. The monoisotopic (exact) mass is 381 g/mol. The van der Waals surface area contributed by atoms with E-state index in [1.165, 1.54) is 17.4 Å². The Hall–Kier alpha value is -3.19. The Labute approximate surface area is 161 Å². The van der Waals surface area contributed by atoms with E-state index >= 15 is 0 Å². The van der Waals surface area contributed by atoms with E-state index in [9.17, 15) is 4.79 Å². The van der Waals surface area contributed by atoms with Crippen molar-refractivity contribution < 1.29 is 14.3 Å². The molecule has 0 saturated heterocycles. The third kappa shape index (κ3) is 4.71. The average Bonchev–Trinajstić information content (AvgIpc) is 3.14. The number of methoxy groups -OCH3 is 2. The molecule has 6 nitrogen and oxygen atoms in total. The van der Waals surface area contributed by atoms with Crippen molar-refractivity contribution in [1.82, 2.24) is 10.2 Å². The number of hydrogen-bond donors (Lipinski definition) is 1.